The highest BCUT2D eigenvalue weighted by atomic mass is 19.3. The number of rotatable bonds is 8. The molecule has 0 unspecified atom stereocenters. The zero-order valence-corrected chi connectivity index (χ0v) is 12.6. The van der Waals surface area contributed by atoms with Crippen molar-refractivity contribution in [2.75, 3.05) is 13.2 Å². The molecule has 1 aromatic carbocycles. The van der Waals surface area contributed by atoms with Crippen LogP contribution in [0.15, 0.2) is 18.2 Å². The lowest BCUT2D eigenvalue weighted by molar-refractivity contribution is -0.0514. The van der Waals surface area contributed by atoms with Crippen LogP contribution in [0, 0.1) is 5.41 Å². The smallest absolute Gasteiger partial charge is 0.387 e. The molecule has 5 heteroatoms. The van der Waals surface area contributed by atoms with Crippen LogP contribution in [0.3, 0.4) is 0 Å². The number of hydrogen-bond acceptors (Lipinski definition) is 3. The van der Waals surface area contributed by atoms with E-state index in [1.54, 1.807) is 18.2 Å². The number of benzene rings is 1. The van der Waals surface area contributed by atoms with Crippen molar-refractivity contribution < 1.29 is 18.3 Å². The van der Waals surface area contributed by atoms with E-state index in [1.165, 1.54) is 19.3 Å². The zero-order chi connectivity index (χ0) is 15.3. The Labute approximate surface area is 124 Å². The van der Waals surface area contributed by atoms with Gasteiger partial charge in [-0.3, -0.25) is 0 Å². The molecule has 1 N–H and O–H groups in total. The fourth-order valence-corrected chi connectivity index (χ4v) is 2.59. The third kappa shape index (κ3) is 4.56. The van der Waals surface area contributed by atoms with Crippen LogP contribution in [0.25, 0.3) is 0 Å². The number of alkyl halides is 2. The monoisotopic (exact) mass is 299 g/mol. The second kappa shape index (κ2) is 7.07. The topological polar surface area (TPSA) is 30.5 Å². The Morgan fingerprint density at radius 1 is 1.29 bits per heavy atom. The lowest BCUT2D eigenvalue weighted by Crippen LogP contribution is -2.36. The molecule has 0 amide bonds. The summed E-state index contributed by atoms with van der Waals surface area (Å²) in [6, 6.07) is 5.09. The van der Waals surface area contributed by atoms with Gasteiger partial charge in [0.1, 0.15) is 0 Å². The minimum absolute atomic E-state index is 0.0848. The number of halogens is 2. The van der Waals surface area contributed by atoms with E-state index in [2.05, 4.69) is 17.0 Å². The van der Waals surface area contributed by atoms with Crippen molar-refractivity contribution in [1.82, 2.24) is 5.32 Å². The van der Waals surface area contributed by atoms with Crippen molar-refractivity contribution in [1.29, 1.82) is 0 Å². The minimum Gasteiger partial charge on any atom is -0.490 e. The molecule has 21 heavy (non-hydrogen) atoms. The van der Waals surface area contributed by atoms with E-state index in [0.717, 1.165) is 12.1 Å². The Morgan fingerprint density at radius 2 is 2.05 bits per heavy atom. The second-order valence-electron chi connectivity index (χ2n) is 5.86. The molecule has 0 spiro atoms. The molecule has 1 saturated carbocycles. The van der Waals surface area contributed by atoms with Crippen molar-refractivity contribution in [3.8, 4) is 11.5 Å². The van der Waals surface area contributed by atoms with Crippen molar-refractivity contribution in [2.24, 2.45) is 5.41 Å². The third-order valence-electron chi connectivity index (χ3n) is 3.97. The van der Waals surface area contributed by atoms with Crippen LogP contribution < -0.4 is 14.8 Å². The molecule has 0 aromatic heterocycles. The Morgan fingerprint density at radius 3 is 2.62 bits per heavy atom. The van der Waals surface area contributed by atoms with Crippen LogP contribution in [0.2, 0.25) is 0 Å². The molecule has 2 rings (SSSR count). The molecule has 3 nitrogen and oxygen atoms in total. The van der Waals surface area contributed by atoms with Gasteiger partial charge in [0, 0.05) is 13.1 Å². The maximum atomic E-state index is 12.3. The van der Waals surface area contributed by atoms with Crippen LogP contribution >= 0.6 is 0 Å². The number of ether oxygens (including phenoxy) is 2. The largest absolute Gasteiger partial charge is 0.490 e. The highest BCUT2D eigenvalue weighted by Gasteiger charge is 2.30. The van der Waals surface area contributed by atoms with Crippen LogP contribution in [0.5, 0.6) is 11.5 Å². The van der Waals surface area contributed by atoms with E-state index in [-0.39, 0.29) is 5.75 Å². The Balaban J connectivity index is 1.94. The zero-order valence-electron chi connectivity index (χ0n) is 12.6. The quantitative estimate of drug-likeness (QED) is 0.788. The lowest BCUT2D eigenvalue weighted by Gasteiger charge is -2.38. The van der Waals surface area contributed by atoms with E-state index in [4.69, 9.17) is 4.74 Å². The molecule has 0 radical (unpaired) electrons. The van der Waals surface area contributed by atoms with Crippen molar-refractivity contribution in [3.05, 3.63) is 23.8 Å². The fraction of sp³-hybridized carbons (Fsp3) is 0.625. The van der Waals surface area contributed by atoms with Crippen molar-refractivity contribution >= 4 is 0 Å². The van der Waals surface area contributed by atoms with Gasteiger partial charge >= 0.3 is 6.61 Å². The van der Waals surface area contributed by atoms with Gasteiger partial charge in [-0.15, -0.1) is 0 Å². The number of nitrogens with one attached hydrogen (secondary N) is 1. The van der Waals surface area contributed by atoms with Crippen molar-refractivity contribution in [2.45, 2.75) is 46.3 Å². The Kier molecular flexibility index (Phi) is 5.39. The van der Waals surface area contributed by atoms with E-state index >= 15 is 0 Å². The third-order valence-corrected chi connectivity index (χ3v) is 3.97. The average molecular weight is 299 g/mol. The molecule has 118 valence electrons. The summed E-state index contributed by atoms with van der Waals surface area (Å²) in [5, 5.41) is 3.43. The van der Waals surface area contributed by atoms with Gasteiger partial charge in [0.15, 0.2) is 11.5 Å². The summed E-state index contributed by atoms with van der Waals surface area (Å²) in [7, 11) is 0. The fourth-order valence-electron chi connectivity index (χ4n) is 2.59. The summed E-state index contributed by atoms with van der Waals surface area (Å²) >= 11 is 0. The summed E-state index contributed by atoms with van der Waals surface area (Å²) in [6.45, 7) is 3.35. The molecular formula is C16H23F2NO2. The summed E-state index contributed by atoms with van der Waals surface area (Å²) in [5.41, 5.74) is 1.42. The molecule has 0 bridgehead atoms. The Hall–Kier alpha value is -1.36. The van der Waals surface area contributed by atoms with E-state index in [0.29, 0.717) is 24.3 Å². The van der Waals surface area contributed by atoms with Gasteiger partial charge in [-0.05, 0) is 42.9 Å². The highest BCUT2D eigenvalue weighted by molar-refractivity contribution is 5.43. The second-order valence-corrected chi connectivity index (χ2v) is 5.86. The molecule has 0 heterocycles. The summed E-state index contributed by atoms with van der Waals surface area (Å²) in [5.74, 6) is 0.452. The first-order valence-corrected chi connectivity index (χ1v) is 7.44. The summed E-state index contributed by atoms with van der Waals surface area (Å²) < 4.78 is 34.5. The minimum atomic E-state index is -2.84. The average Bonchev–Trinajstić information content (AvgIpc) is 2.39. The standard InChI is InChI=1S/C16H23F2NO2/c1-3-20-14-9-12(5-6-13(14)21-15(17)18)10-19-11-16(2)7-4-8-16/h5-6,9,15,19H,3-4,7-8,10-11H2,1-2H3. The summed E-state index contributed by atoms with van der Waals surface area (Å²) in [6.07, 6.45) is 3.85. The normalized spacial score (nSPS) is 16.6. The molecule has 1 aliphatic rings. The van der Waals surface area contributed by atoms with E-state index < -0.39 is 6.61 Å². The van der Waals surface area contributed by atoms with Crippen molar-refractivity contribution in [3.63, 3.8) is 0 Å². The van der Waals surface area contributed by atoms with Crippen LogP contribution in [-0.4, -0.2) is 19.8 Å². The van der Waals surface area contributed by atoms with Crippen LogP contribution in [-0.2, 0) is 6.54 Å². The van der Waals surface area contributed by atoms with Crippen LogP contribution in [0.4, 0.5) is 8.78 Å². The molecule has 0 atom stereocenters. The molecule has 1 fully saturated rings. The van der Waals surface area contributed by atoms with Gasteiger partial charge in [-0.1, -0.05) is 19.4 Å². The first-order valence-electron chi connectivity index (χ1n) is 7.44. The first kappa shape index (κ1) is 16.0. The molecule has 1 aromatic rings. The van der Waals surface area contributed by atoms with Gasteiger partial charge in [-0.25, -0.2) is 0 Å². The predicted octanol–water partition coefficient (Wildman–Crippen LogP) is 3.97. The maximum Gasteiger partial charge on any atom is 0.387 e. The molecular weight excluding hydrogens is 276 g/mol. The molecule has 1 aliphatic carbocycles. The van der Waals surface area contributed by atoms with Crippen LogP contribution in [0.1, 0.15) is 38.7 Å². The van der Waals surface area contributed by atoms with Gasteiger partial charge in [0.2, 0.25) is 0 Å². The SMILES string of the molecule is CCOc1cc(CNCC2(C)CCC2)ccc1OC(F)F. The van der Waals surface area contributed by atoms with E-state index in [9.17, 15) is 8.78 Å². The number of hydrogen-bond donors (Lipinski definition) is 1. The van der Waals surface area contributed by atoms with Gasteiger partial charge in [0.25, 0.3) is 0 Å². The van der Waals surface area contributed by atoms with Gasteiger partial charge in [-0.2, -0.15) is 8.78 Å². The van der Waals surface area contributed by atoms with Gasteiger partial charge in [0.05, 0.1) is 6.61 Å². The first-order chi connectivity index (χ1) is 10.0. The molecule has 0 saturated heterocycles. The summed E-state index contributed by atoms with van der Waals surface area (Å²) in [4.78, 5) is 0. The lowest BCUT2D eigenvalue weighted by atomic mass is 9.70. The maximum absolute atomic E-state index is 12.3. The molecule has 0 aliphatic heterocycles. The highest BCUT2D eigenvalue weighted by Crippen LogP contribution is 2.39. The Bertz CT molecular complexity index is 462. The van der Waals surface area contributed by atoms with E-state index in [1.807, 2.05) is 6.92 Å². The van der Waals surface area contributed by atoms with Gasteiger partial charge < -0.3 is 14.8 Å². The predicted molar refractivity (Wildman–Crippen MR) is 77.9 cm³/mol.